The first-order valence-corrected chi connectivity index (χ1v) is 9.13. The Labute approximate surface area is 159 Å². The van der Waals surface area contributed by atoms with Crippen LogP contribution >= 0.6 is 0 Å². The number of likely N-dealkylation sites (tertiary alicyclic amines) is 1. The fraction of sp³-hybridized carbons (Fsp3) is 0.400. The van der Waals surface area contributed by atoms with Gasteiger partial charge >= 0.3 is 6.03 Å². The van der Waals surface area contributed by atoms with Crippen LogP contribution in [0.3, 0.4) is 0 Å². The van der Waals surface area contributed by atoms with E-state index in [1.807, 2.05) is 18.2 Å². The number of rotatable bonds is 7. The van der Waals surface area contributed by atoms with E-state index in [2.05, 4.69) is 26.6 Å². The van der Waals surface area contributed by atoms with Gasteiger partial charge in [0.05, 0.1) is 20.3 Å². The number of pyridine rings is 1. The van der Waals surface area contributed by atoms with Gasteiger partial charge in [-0.3, -0.25) is 4.90 Å². The second kappa shape index (κ2) is 9.23. The van der Waals surface area contributed by atoms with Crippen molar-refractivity contribution >= 4 is 11.7 Å². The molecule has 0 bridgehead atoms. The van der Waals surface area contributed by atoms with Crippen molar-refractivity contribution in [1.29, 1.82) is 0 Å². The molecule has 1 aliphatic rings. The van der Waals surface area contributed by atoms with Crippen LogP contribution in [-0.2, 0) is 0 Å². The molecule has 2 aromatic rings. The van der Waals surface area contributed by atoms with Crippen molar-refractivity contribution in [2.45, 2.75) is 18.9 Å². The van der Waals surface area contributed by atoms with E-state index < -0.39 is 0 Å². The molecule has 0 saturated carbocycles. The number of nitrogens with one attached hydrogen (secondary N) is 2. The molecule has 1 aromatic heterocycles. The topological polar surface area (TPSA) is 75.7 Å². The van der Waals surface area contributed by atoms with Gasteiger partial charge in [0.2, 0.25) is 5.88 Å². The van der Waals surface area contributed by atoms with Gasteiger partial charge in [-0.2, -0.15) is 0 Å². The van der Waals surface area contributed by atoms with Crippen LogP contribution in [0, 0.1) is 0 Å². The molecular formula is C20H26N4O3. The van der Waals surface area contributed by atoms with Gasteiger partial charge < -0.3 is 20.1 Å². The van der Waals surface area contributed by atoms with Crippen LogP contribution in [0.15, 0.2) is 42.6 Å². The molecular weight excluding hydrogens is 344 g/mol. The Kier molecular flexibility index (Phi) is 6.49. The molecule has 0 unspecified atom stereocenters. The lowest BCUT2D eigenvalue weighted by Gasteiger charge is -2.28. The average Bonchev–Trinajstić information content (AvgIpc) is 3.23. The zero-order valence-corrected chi connectivity index (χ0v) is 15.8. The van der Waals surface area contributed by atoms with Gasteiger partial charge in [-0.05, 0) is 55.8 Å². The quantitative estimate of drug-likeness (QED) is 0.783. The molecule has 2 N–H and O–H groups in total. The summed E-state index contributed by atoms with van der Waals surface area (Å²) >= 11 is 0. The van der Waals surface area contributed by atoms with Crippen LogP contribution in [0.2, 0.25) is 0 Å². The van der Waals surface area contributed by atoms with Crippen LogP contribution in [0.1, 0.15) is 24.4 Å². The number of amides is 2. The Morgan fingerprint density at radius 2 is 2.00 bits per heavy atom. The molecule has 1 fully saturated rings. The summed E-state index contributed by atoms with van der Waals surface area (Å²) in [6, 6.07) is 11.4. The number of anilines is 1. The number of carbonyl (C=O) groups is 1. The van der Waals surface area contributed by atoms with Crippen LogP contribution in [-0.4, -0.2) is 49.8 Å². The molecule has 2 heterocycles. The maximum absolute atomic E-state index is 12.4. The average molecular weight is 370 g/mol. The maximum atomic E-state index is 12.4. The summed E-state index contributed by atoms with van der Waals surface area (Å²) in [6.07, 6.45) is 3.98. The Morgan fingerprint density at radius 3 is 2.74 bits per heavy atom. The SMILES string of the molecule is COc1cccc([C@H](CNC(=O)Nc2cccnc2OC)N2CCCC2)c1. The van der Waals surface area contributed by atoms with E-state index in [0.29, 0.717) is 18.1 Å². The molecule has 0 aliphatic carbocycles. The largest absolute Gasteiger partial charge is 0.497 e. The molecule has 7 nitrogen and oxygen atoms in total. The van der Waals surface area contributed by atoms with Gasteiger partial charge in [-0.25, -0.2) is 9.78 Å². The number of benzene rings is 1. The van der Waals surface area contributed by atoms with Gasteiger partial charge in [0.15, 0.2) is 0 Å². The Morgan fingerprint density at radius 1 is 1.19 bits per heavy atom. The molecule has 2 amide bonds. The highest BCUT2D eigenvalue weighted by Crippen LogP contribution is 2.27. The highest BCUT2D eigenvalue weighted by Gasteiger charge is 2.24. The fourth-order valence-electron chi connectivity index (χ4n) is 3.36. The highest BCUT2D eigenvalue weighted by atomic mass is 16.5. The Balaban J connectivity index is 1.68. The number of methoxy groups -OCH3 is 2. The molecule has 27 heavy (non-hydrogen) atoms. The second-order valence-corrected chi connectivity index (χ2v) is 6.43. The van der Waals surface area contributed by atoms with E-state index in [1.165, 1.54) is 20.0 Å². The Hall–Kier alpha value is -2.80. The molecule has 144 valence electrons. The molecule has 1 aliphatic heterocycles. The van der Waals surface area contributed by atoms with E-state index in [0.717, 1.165) is 24.4 Å². The van der Waals surface area contributed by atoms with Gasteiger partial charge in [0, 0.05) is 12.7 Å². The minimum absolute atomic E-state index is 0.101. The minimum atomic E-state index is -0.284. The van der Waals surface area contributed by atoms with Crippen molar-refractivity contribution in [3.8, 4) is 11.6 Å². The van der Waals surface area contributed by atoms with E-state index in [9.17, 15) is 4.79 Å². The molecule has 1 saturated heterocycles. The summed E-state index contributed by atoms with van der Waals surface area (Å²) in [5, 5.41) is 5.78. The van der Waals surface area contributed by atoms with Crippen molar-refractivity contribution < 1.29 is 14.3 Å². The number of carbonyl (C=O) groups excluding carboxylic acids is 1. The van der Waals surface area contributed by atoms with Crippen molar-refractivity contribution in [2.24, 2.45) is 0 Å². The third kappa shape index (κ3) is 4.89. The van der Waals surface area contributed by atoms with Crippen LogP contribution in [0.25, 0.3) is 0 Å². The molecule has 0 radical (unpaired) electrons. The van der Waals surface area contributed by atoms with Crippen molar-refractivity contribution in [1.82, 2.24) is 15.2 Å². The van der Waals surface area contributed by atoms with E-state index in [-0.39, 0.29) is 12.1 Å². The lowest BCUT2D eigenvalue weighted by atomic mass is 10.1. The van der Waals surface area contributed by atoms with Crippen LogP contribution < -0.4 is 20.1 Å². The summed E-state index contributed by atoms with van der Waals surface area (Å²) in [7, 11) is 3.19. The van der Waals surface area contributed by atoms with Crippen molar-refractivity contribution in [2.75, 3.05) is 39.2 Å². The summed E-state index contributed by atoms with van der Waals surface area (Å²) in [6.45, 7) is 2.56. The maximum Gasteiger partial charge on any atom is 0.319 e. The highest BCUT2D eigenvalue weighted by molar-refractivity contribution is 5.90. The van der Waals surface area contributed by atoms with Crippen molar-refractivity contribution in [3.05, 3.63) is 48.2 Å². The predicted octanol–water partition coefficient (Wildman–Crippen LogP) is 3.06. The normalized spacial score (nSPS) is 15.2. The predicted molar refractivity (Wildman–Crippen MR) is 104 cm³/mol. The van der Waals surface area contributed by atoms with E-state index in [4.69, 9.17) is 9.47 Å². The van der Waals surface area contributed by atoms with Gasteiger partial charge in [0.25, 0.3) is 0 Å². The van der Waals surface area contributed by atoms with Crippen LogP contribution in [0.4, 0.5) is 10.5 Å². The molecule has 3 rings (SSSR count). The number of nitrogens with zero attached hydrogens (tertiary/aromatic N) is 2. The molecule has 1 aromatic carbocycles. The summed E-state index contributed by atoms with van der Waals surface area (Å²) in [4.78, 5) is 18.9. The van der Waals surface area contributed by atoms with Gasteiger partial charge in [-0.1, -0.05) is 12.1 Å². The molecule has 7 heteroatoms. The van der Waals surface area contributed by atoms with Crippen molar-refractivity contribution in [3.63, 3.8) is 0 Å². The summed E-state index contributed by atoms with van der Waals surface area (Å²) in [5.74, 6) is 1.21. The lowest BCUT2D eigenvalue weighted by Crippen LogP contribution is -2.38. The third-order valence-electron chi connectivity index (χ3n) is 4.73. The molecule has 1 atom stereocenters. The van der Waals surface area contributed by atoms with E-state index >= 15 is 0 Å². The van der Waals surface area contributed by atoms with Gasteiger partial charge in [-0.15, -0.1) is 0 Å². The first kappa shape index (κ1) is 19.0. The number of aromatic nitrogens is 1. The lowest BCUT2D eigenvalue weighted by molar-refractivity contribution is 0.227. The first-order valence-electron chi connectivity index (χ1n) is 9.13. The fourth-order valence-corrected chi connectivity index (χ4v) is 3.36. The number of urea groups is 1. The smallest absolute Gasteiger partial charge is 0.319 e. The van der Waals surface area contributed by atoms with Gasteiger partial charge in [0.1, 0.15) is 11.4 Å². The third-order valence-corrected chi connectivity index (χ3v) is 4.73. The first-order chi connectivity index (χ1) is 13.2. The summed E-state index contributed by atoms with van der Waals surface area (Å²) < 4.78 is 10.5. The number of hydrogen-bond donors (Lipinski definition) is 2. The Bertz CT molecular complexity index is 762. The minimum Gasteiger partial charge on any atom is -0.497 e. The number of ether oxygens (including phenoxy) is 2. The molecule has 0 spiro atoms. The monoisotopic (exact) mass is 370 g/mol. The summed E-state index contributed by atoms with van der Waals surface area (Å²) in [5.41, 5.74) is 1.67. The van der Waals surface area contributed by atoms with Crippen LogP contribution in [0.5, 0.6) is 11.6 Å². The van der Waals surface area contributed by atoms with E-state index in [1.54, 1.807) is 25.4 Å². The second-order valence-electron chi connectivity index (χ2n) is 6.43. The zero-order chi connectivity index (χ0) is 19.1. The standard InChI is InChI=1S/C20H26N4O3/c1-26-16-8-5-7-15(13-16)18(24-11-3-4-12-24)14-22-20(25)23-17-9-6-10-21-19(17)27-2/h5-10,13,18H,3-4,11-12,14H2,1-2H3,(H2,22,23,25)/t18-/m0/s1. The number of hydrogen-bond acceptors (Lipinski definition) is 5. The zero-order valence-electron chi connectivity index (χ0n) is 15.8.